The van der Waals surface area contributed by atoms with Gasteiger partial charge >= 0.3 is 0 Å². The van der Waals surface area contributed by atoms with E-state index in [0.717, 1.165) is 11.4 Å². The van der Waals surface area contributed by atoms with Crippen LogP contribution in [-0.4, -0.2) is 11.7 Å². The Morgan fingerprint density at radius 1 is 1.14 bits per heavy atom. The molecule has 0 aliphatic heterocycles. The maximum absolute atomic E-state index is 13.8. The van der Waals surface area contributed by atoms with E-state index < -0.39 is 6.10 Å². The average Bonchev–Trinajstić information content (AvgIpc) is 2.45. The third-order valence-electron chi connectivity index (χ3n) is 3.50. The number of aliphatic hydroxyl groups is 1. The van der Waals surface area contributed by atoms with Gasteiger partial charge in [-0.2, -0.15) is 0 Å². The van der Waals surface area contributed by atoms with Gasteiger partial charge < -0.3 is 10.0 Å². The van der Waals surface area contributed by atoms with Crippen molar-refractivity contribution in [2.75, 3.05) is 11.4 Å². The SMILES string of the molecule is CCN(c1ccc(F)cc1)c1cc(C)c(F)cc1C(C)O. The van der Waals surface area contributed by atoms with Crippen molar-refractivity contribution in [3.05, 3.63) is 59.2 Å². The van der Waals surface area contributed by atoms with Gasteiger partial charge in [0.05, 0.1) is 6.10 Å². The molecule has 0 bridgehead atoms. The van der Waals surface area contributed by atoms with E-state index in [-0.39, 0.29) is 11.6 Å². The van der Waals surface area contributed by atoms with Gasteiger partial charge in [0.2, 0.25) is 0 Å². The lowest BCUT2D eigenvalue weighted by Crippen LogP contribution is -2.19. The van der Waals surface area contributed by atoms with Gasteiger partial charge in [-0.05, 0) is 62.7 Å². The second-order valence-corrected chi connectivity index (χ2v) is 5.06. The zero-order valence-corrected chi connectivity index (χ0v) is 12.4. The Morgan fingerprint density at radius 3 is 2.29 bits per heavy atom. The Labute approximate surface area is 123 Å². The Balaban J connectivity index is 2.56. The van der Waals surface area contributed by atoms with E-state index >= 15 is 0 Å². The summed E-state index contributed by atoms with van der Waals surface area (Å²) >= 11 is 0. The summed E-state index contributed by atoms with van der Waals surface area (Å²) in [5.41, 5.74) is 2.56. The number of aryl methyl sites for hydroxylation is 1. The number of rotatable bonds is 4. The highest BCUT2D eigenvalue weighted by Gasteiger charge is 2.17. The normalized spacial score (nSPS) is 12.3. The summed E-state index contributed by atoms with van der Waals surface area (Å²) in [5, 5.41) is 9.90. The third kappa shape index (κ3) is 3.22. The van der Waals surface area contributed by atoms with Gasteiger partial charge in [-0.15, -0.1) is 0 Å². The number of hydrogen-bond acceptors (Lipinski definition) is 2. The second-order valence-electron chi connectivity index (χ2n) is 5.06. The predicted molar refractivity (Wildman–Crippen MR) is 80.9 cm³/mol. The van der Waals surface area contributed by atoms with E-state index in [4.69, 9.17) is 0 Å². The van der Waals surface area contributed by atoms with Gasteiger partial charge in [0.1, 0.15) is 11.6 Å². The molecule has 0 spiro atoms. The Kier molecular flexibility index (Phi) is 4.58. The maximum atomic E-state index is 13.8. The predicted octanol–water partition coefficient (Wildman–Crippen LogP) is 4.48. The fraction of sp³-hybridized carbons (Fsp3) is 0.294. The minimum atomic E-state index is -0.787. The highest BCUT2D eigenvalue weighted by Crippen LogP contribution is 2.34. The van der Waals surface area contributed by atoms with E-state index in [0.29, 0.717) is 17.7 Å². The molecule has 2 aromatic carbocycles. The molecule has 0 fully saturated rings. The van der Waals surface area contributed by atoms with E-state index in [1.165, 1.54) is 18.2 Å². The van der Waals surface area contributed by atoms with Gasteiger partial charge in [-0.25, -0.2) is 8.78 Å². The zero-order chi connectivity index (χ0) is 15.6. The summed E-state index contributed by atoms with van der Waals surface area (Å²) in [6, 6.07) is 9.19. The molecular weight excluding hydrogens is 272 g/mol. The molecule has 1 N–H and O–H groups in total. The Morgan fingerprint density at radius 2 is 1.76 bits per heavy atom. The summed E-state index contributed by atoms with van der Waals surface area (Å²) in [6.45, 7) is 5.86. The molecule has 21 heavy (non-hydrogen) atoms. The lowest BCUT2D eigenvalue weighted by molar-refractivity contribution is 0.199. The quantitative estimate of drug-likeness (QED) is 0.897. The first-order valence-electron chi connectivity index (χ1n) is 6.95. The van der Waals surface area contributed by atoms with Gasteiger partial charge in [0, 0.05) is 23.5 Å². The molecular formula is C17H19F2NO. The van der Waals surface area contributed by atoms with Crippen LogP contribution in [-0.2, 0) is 0 Å². The van der Waals surface area contributed by atoms with Gasteiger partial charge in [0.25, 0.3) is 0 Å². The molecule has 1 atom stereocenters. The van der Waals surface area contributed by atoms with E-state index in [2.05, 4.69) is 0 Å². The summed E-state index contributed by atoms with van der Waals surface area (Å²) in [7, 11) is 0. The van der Waals surface area contributed by atoms with Crippen molar-refractivity contribution < 1.29 is 13.9 Å². The van der Waals surface area contributed by atoms with Crippen LogP contribution in [0.2, 0.25) is 0 Å². The number of benzene rings is 2. The van der Waals surface area contributed by atoms with Crippen LogP contribution in [0.5, 0.6) is 0 Å². The Bertz CT molecular complexity index is 623. The molecule has 0 aliphatic rings. The fourth-order valence-electron chi connectivity index (χ4n) is 2.36. The van der Waals surface area contributed by atoms with Crippen LogP contribution in [0.3, 0.4) is 0 Å². The van der Waals surface area contributed by atoms with Crippen LogP contribution in [0.25, 0.3) is 0 Å². The van der Waals surface area contributed by atoms with Crippen LogP contribution in [0.15, 0.2) is 36.4 Å². The van der Waals surface area contributed by atoms with E-state index in [1.54, 1.807) is 32.0 Å². The van der Waals surface area contributed by atoms with Crippen molar-refractivity contribution in [2.45, 2.75) is 26.9 Å². The van der Waals surface area contributed by atoms with Crippen molar-refractivity contribution in [1.82, 2.24) is 0 Å². The maximum Gasteiger partial charge on any atom is 0.126 e. The van der Waals surface area contributed by atoms with E-state index in [9.17, 15) is 13.9 Å². The molecule has 2 rings (SSSR count). The van der Waals surface area contributed by atoms with Crippen molar-refractivity contribution >= 4 is 11.4 Å². The largest absolute Gasteiger partial charge is 0.389 e. The highest BCUT2D eigenvalue weighted by atomic mass is 19.1. The summed E-state index contributed by atoms with van der Waals surface area (Å²) < 4.78 is 26.8. The van der Waals surface area contributed by atoms with Crippen LogP contribution in [0.1, 0.15) is 31.1 Å². The smallest absolute Gasteiger partial charge is 0.126 e. The molecule has 0 heterocycles. The Hall–Kier alpha value is -1.94. The number of anilines is 2. The molecule has 0 saturated heterocycles. The molecule has 112 valence electrons. The molecule has 2 nitrogen and oxygen atoms in total. The first-order chi connectivity index (χ1) is 9.93. The minimum absolute atomic E-state index is 0.305. The summed E-state index contributed by atoms with van der Waals surface area (Å²) in [6.07, 6.45) is -0.787. The molecule has 4 heteroatoms. The molecule has 0 aromatic heterocycles. The van der Waals surface area contributed by atoms with Crippen molar-refractivity contribution in [1.29, 1.82) is 0 Å². The van der Waals surface area contributed by atoms with Crippen molar-refractivity contribution in [3.8, 4) is 0 Å². The highest BCUT2D eigenvalue weighted by molar-refractivity contribution is 5.67. The van der Waals surface area contributed by atoms with Crippen LogP contribution >= 0.6 is 0 Å². The first kappa shape index (κ1) is 15.4. The average molecular weight is 291 g/mol. The number of hydrogen-bond donors (Lipinski definition) is 1. The van der Waals surface area contributed by atoms with Gasteiger partial charge in [0.15, 0.2) is 0 Å². The first-order valence-corrected chi connectivity index (χ1v) is 6.95. The van der Waals surface area contributed by atoms with Gasteiger partial charge in [-0.3, -0.25) is 0 Å². The van der Waals surface area contributed by atoms with Crippen LogP contribution in [0, 0.1) is 18.6 Å². The number of nitrogens with zero attached hydrogens (tertiary/aromatic N) is 1. The lowest BCUT2D eigenvalue weighted by atomic mass is 10.0. The van der Waals surface area contributed by atoms with Crippen molar-refractivity contribution in [2.24, 2.45) is 0 Å². The monoisotopic (exact) mass is 291 g/mol. The molecule has 1 unspecified atom stereocenters. The van der Waals surface area contributed by atoms with Crippen LogP contribution < -0.4 is 4.90 Å². The summed E-state index contributed by atoms with van der Waals surface area (Å²) in [4.78, 5) is 1.92. The summed E-state index contributed by atoms with van der Waals surface area (Å²) in [5.74, 6) is -0.648. The van der Waals surface area contributed by atoms with Crippen molar-refractivity contribution in [3.63, 3.8) is 0 Å². The third-order valence-corrected chi connectivity index (χ3v) is 3.50. The molecule has 0 saturated carbocycles. The molecule has 0 amide bonds. The zero-order valence-electron chi connectivity index (χ0n) is 12.4. The number of halogens is 2. The minimum Gasteiger partial charge on any atom is -0.389 e. The number of aliphatic hydroxyl groups excluding tert-OH is 1. The van der Waals surface area contributed by atoms with Gasteiger partial charge in [-0.1, -0.05) is 0 Å². The lowest BCUT2D eigenvalue weighted by Gasteiger charge is -2.27. The standard InChI is InChI=1S/C17H19F2NO/c1-4-20(14-7-5-13(18)6-8-14)17-9-11(2)16(19)10-15(17)12(3)21/h5-10,12,21H,4H2,1-3H3. The molecule has 2 aromatic rings. The molecule has 0 radical (unpaired) electrons. The van der Waals surface area contributed by atoms with Crippen LogP contribution in [0.4, 0.5) is 20.2 Å². The topological polar surface area (TPSA) is 23.5 Å². The fourth-order valence-corrected chi connectivity index (χ4v) is 2.36. The second kappa shape index (κ2) is 6.22. The van der Waals surface area contributed by atoms with E-state index in [1.807, 2.05) is 11.8 Å². The molecule has 0 aliphatic carbocycles.